The number of rotatable bonds is 9. The Balaban J connectivity index is 1.92. The Hall–Kier alpha value is -1.69. The molecule has 0 radical (unpaired) electrons. The van der Waals surface area contributed by atoms with Crippen LogP contribution in [0.15, 0.2) is 59.5 Å². The van der Waals surface area contributed by atoms with Crippen molar-refractivity contribution in [1.82, 2.24) is 4.72 Å². The Morgan fingerprint density at radius 1 is 0.783 bits per heavy atom. The maximum absolute atomic E-state index is 12.2. The third kappa shape index (κ3) is 5.46. The molecular weight excluding hydrogens is 308 g/mol. The van der Waals surface area contributed by atoms with Gasteiger partial charge in [0, 0.05) is 6.54 Å². The molecule has 0 aliphatic heterocycles. The lowest BCUT2D eigenvalue weighted by molar-refractivity contribution is 0.572. The summed E-state index contributed by atoms with van der Waals surface area (Å²) in [6, 6.07) is 16.9. The molecule has 0 bridgehead atoms. The molecule has 2 rings (SSSR count). The van der Waals surface area contributed by atoms with E-state index in [0.29, 0.717) is 18.0 Å². The SMILES string of the molecule is NCCCCCCNS(=O)(=O)c1ccc(-c2ccccc2)cc1. The first-order valence-corrected chi connectivity index (χ1v) is 9.47. The molecule has 5 heteroatoms. The average Bonchev–Trinajstić information content (AvgIpc) is 2.59. The molecule has 0 saturated carbocycles. The Morgan fingerprint density at radius 3 is 2.04 bits per heavy atom. The van der Waals surface area contributed by atoms with E-state index in [1.807, 2.05) is 42.5 Å². The fourth-order valence-electron chi connectivity index (χ4n) is 2.37. The van der Waals surface area contributed by atoms with Gasteiger partial charge in [-0.15, -0.1) is 0 Å². The second-order valence-corrected chi connectivity index (χ2v) is 7.26. The predicted molar refractivity (Wildman–Crippen MR) is 94.6 cm³/mol. The van der Waals surface area contributed by atoms with Gasteiger partial charge in [0.2, 0.25) is 10.0 Å². The minimum Gasteiger partial charge on any atom is -0.330 e. The van der Waals surface area contributed by atoms with E-state index in [4.69, 9.17) is 5.73 Å². The first-order valence-electron chi connectivity index (χ1n) is 7.99. The second-order valence-electron chi connectivity index (χ2n) is 5.49. The summed E-state index contributed by atoms with van der Waals surface area (Å²) in [7, 11) is -3.43. The number of nitrogens with two attached hydrogens (primary N) is 1. The van der Waals surface area contributed by atoms with Gasteiger partial charge in [-0.05, 0) is 42.6 Å². The summed E-state index contributed by atoms with van der Waals surface area (Å²) in [5.41, 5.74) is 7.51. The van der Waals surface area contributed by atoms with Crippen LogP contribution in [-0.2, 0) is 10.0 Å². The summed E-state index contributed by atoms with van der Waals surface area (Å²) < 4.78 is 27.1. The van der Waals surface area contributed by atoms with Crippen LogP contribution in [-0.4, -0.2) is 21.5 Å². The molecule has 0 fully saturated rings. The topological polar surface area (TPSA) is 72.2 Å². The van der Waals surface area contributed by atoms with E-state index in [0.717, 1.165) is 36.8 Å². The first kappa shape index (κ1) is 17.7. The summed E-state index contributed by atoms with van der Waals surface area (Å²) in [5, 5.41) is 0. The fraction of sp³-hybridized carbons (Fsp3) is 0.333. The largest absolute Gasteiger partial charge is 0.330 e. The van der Waals surface area contributed by atoms with Gasteiger partial charge in [0.25, 0.3) is 0 Å². The predicted octanol–water partition coefficient (Wildman–Crippen LogP) is 3.15. The van der Waals surface area contributed by atoms with Crippen LogP contribution >= 0.6 is 0 Å². The van der Waals surface area contributed by atoms with E-state index in [9.17, 15) is 8.42 Å². The van der Waals surface area contributed by atoms with Gasteiger partial charge in [0.05, 0.1) is 4.90 Å². The molecular formula is C18H24N2O2S. The van der Waals surface area contributed by atoms with Crippen LogP contribution in [0.1, 0.15) is 25.7 Å². The quantitative estimate of drug-likeness (QED) is 0.693. The van der Waals surface area contributed by atoms with E-state index >= 15 is 0 Å². The number of unbranched alkanes of at least 4 members (excludes halogenated alkanes) is 3. The van der Waals surface area contributed by atoms with E-state index in [1.54, 1.807) is 12.1 Å². The van der Waals surface area contributed by atoms with Gasteiger partial charge in [-0.3, -0.25) is 0 Å². The standard InChI is InChI=1S/C18H24N2O2S/c19-14-6-1-2-7-15-20-23(21,22)18-12-10-17(11-13-18)16-8-4-3-5-9-16/h3-5,8-13,20H,1-2,6-7,14-15,19H2. The highest BCUT2D eigenvalue weighted by Crippen LogP contribution is 2.20. The molecule has 124 valence electrons. The fourth-order valence-corrected chi connectivity index (χ4v) is 3.44. The molecule has 0 saturated heterocycles. The molecule has 2 aromatic rings. The molecule has 0 heterocycles. The van der Waals surface area contributed by atoms with Crippen LogP contribution in [0.25, 0.3) is 11.1 Å². The molecule has 0 atom stereocenters. The third-order valence-corrected chi connectivity index (χ3v) is 5.17. The van der Waals surface area contributed by atoms with E-state index in [2.05, 4.69) is 4.72 Å². The van der Waals surface area contributed by atoms with Crippen LogP contribution in [0.5, 0.6) is 0 Å². The molecule has 0 aliphatic carbocycles. The number of sulfonamides is 1. The van der Waals surface area contributed by atoms with E-state index in [-0.39, 0.29) is 0 Å². The van der Waals surface area contributed by atoms with Crippen LogP contribution in [0, 0.1) is 0 Å². The van der Waals surface area contributed by atoms with Crippen LogP contribution in [0.4, 0.5) is 0 Å². The van der Waals surface area contributed by atoms with Crippen molar-refractivity contribution in [3.63, 3.8) is 0 Å². The molecule has 0 unspecified atom stereocenters. The Labute approximate surface area is 138 Å². The Morgan fingerprint density at radius 2 is 1.39 bits per heavy atom. The van der Waals surface area contributed by atoms with Gasteiger partial charge in [-0.1, -0.05) is 55.3 Å². The summed E-state index contributed by atoms with van der Waals surface area (Å²) in [6.45, 7) is 1.16. The zero-order valence-electron chi connectivity index (χ0n) is 13.2. The normalized spacial score (nSPS) is 11.5. The van der Waals surface area contributed by atoms with Crippen LogP contribution in [0.2, 0.25) is 0 Å². The highest BCUT2D eigenvalue weighted by atomic mass is 32.2. The lowest BCUT2D eigenvalue weighted by atomic mass is 10.1. The van der Waals surface area contributed by atoms with Crippen molar-refractivity contribution in [3.05, 3.63) is 54.6 Å². The highest BCUT2D eigenvalue weighted by Gasteiger charge is 2.13. The third-order valence-electron chi connectivity index (χ3n) is 3.69. The molecule has 0 aromatic heterocycles. The summed E-state index contributed by atoms with van der Waals surface area (Å²) in [6.07, 6.45) is 3.87. The summed E-state index contributed by atoms with van der Waals surface area (Å²) in [5.74, 6) is 0. The number of nitrogens with one attached hydrogen (secondary N) is 1. The van der Waals surface area contributed by atoms with Crippen molar-refractivity contribution in [3.8, 4) is 11.1 Å². The highest BCUT2D eigenvalue weighted by molar-refractivity contribution is 7.89. The van der Waals surface area contributed by atoms with Gasteiger partial charge in [-0.2, -0.15) is 0 Å². The van der Waals surface area contributed by atoms with Crippen molar-refractivity contribution >= 4 is 10.0 Å². The van der Waals surface area contributed by atoms with Crippen LogP contribution in [0.3, 0.4) is 0 Å². The zero-order chi connectivity index (χ0) is 16.5. The van der Waals surface area contributed by atoms with Crippen molar-refractivity contribution in [1.29, 1.82) is 0 Å². The first-order chi connectivity index (χ1) is 11.1. The van der Waals surface area contributed by atoms with Gasteiger partial charge in [-0.25, -0.2) is 13.1 Å². The lowest BCUT2D eigenvalue weighted by Gasteiger charge is -2.08. The van der Waals surface area contributed by atoms with E-state index < -0.39 is 10.0 Å². The minimum atomic E-state index is -3.43. The lowest BCUT2D eigenvalue weighted by Crippen LogP contribution is -2.24. The van der Waals surface area contributed by atoms with E-state index in [1.165, 1.54) is 0 Å². The van der Waals surface area contributed by atoms with Gasteiger partial charge in [0.15, 0.2) is 0 Å². The number of hydrogen-bond acceptors (Lipinski definition) is 3. The van der Waals surface area contributed by atoms with Gasteiger partial charge in [0.1, 0.15) is 0 Å². The van der Waals surface area contributed by atoms with Crippen molar-refractivity contribution < 1.29 is 8.42 Å². The smallest absolute Gasteiger partial charge is 0.240 e. The molecule has 3 N–H and O–H groups in total. The van der Waals surface area contributed by atoms with Gasteiger partial charge >= 0.3 is 0 Å². The van der Waals surface area contributed by atoms with Crippen molar-refractivity contribution in [2.75, 3.05) is 13.1 Å². The van der Waals surface area contributed by atoms with Crippen molar-refractivity contribution in [2.45, 2.75) is 30.6 Å². The maximum atomic E-state index is 12.2. The minimum absolute atomic E-state index is 0.305. The number of benzene rings is 2. The monoisotopic (exact) mass is 332 g/mol. The summed E-state index contributed by atoms with van der Waals surface area (Å²) >= 11 is 0. The number of hydrogen-bond donors (Lipinski definition) is 2. The molecule has 2 aromatic carbocycles. The molecule has 4 nitrogen and oxygen atoms in total. The Bertz CT molecular complexity index is 683. The molecule has 0 amide bonds. The molecule has 23 heavy (non-hydrogen) atoms. The second kappa shape index (κ2) is 8.82. The molecule has 0 spiro atoms. The average molecular weight is 332 g/mol. The van der Waals surface area contributed by atoms with Gasteiger partial charge < -0.3 is 5.73 Å². The molecule has 0 aliphatic rings. The maximum Gasteiger partial charge on any atom is 0.240 e. The summed E-state index contributed by atoms with van der Waals surface area (Å²) in [4.78, 5) is 0.305. The Kier molecular flexibility index (Phi) is 6.77. The van der Waals surface area contributed by atoms with Crippen molar-refractivity contribution in [2.24, 2.45) is 5.73 Å². The van der Waals surface area contributed by atoms with Crippen LogP contribution < -0.4 is 10.5 Å². The zero-order valence-corrected chi connectivity index (χ0v) is 14.1.